The fourth-order valence-corrected chi connectivity index (χ4v) is 2.31. The molecule has 1 saturated carbocycles. The molecule has 88 valence electrons. The molecular formula is C11H17N3OS. The molecule has 0 radical (unpaired) electrons. The van der Waals surface area contributed by atoms with Gasteiger partial charge in [0.05, 0.1) is 5.69 Å². The quantitative estimate of drug-likeness (QED) is 0.828. The molecule has 16 heavy (non-hydrogen) atoms. The highest BCUT2D eigenvalue weighted by Gasteiger charge is 2.30. The topological polar surface area (TPSA) is 54.0 Å². The molecule has 0 saturated heterocycles. The number of anilines is 1. The second-order valence-corrected chi connectivity index (χ2v) is 4.98. The molecule has 0 spiro atoms. The predicted molar refractivity (Wildman–Crippen MR) is 65.6 cm³/mol. The largest absolute Gasteiger partial charge is 0.309 e. The van der Waals surface area contributed by atoms with Gasteiger partial charge in [-0.25, -0.2) is 4.98 Å². The molecule has 1 aromatic rings. The third-order valence-electron chi connectivity index (χ3n) is 2.65. The molecule has 1 heterocycles. The first-order valence-corrected chi connectivity index (χ1v) is 6.58. The van der Waals surface area contributed by atoms with Crippen molar-refractivity contribution in [1.29, 1.82) is 0 Å². The van der Waals surface area contributed by atoms with Crippen LogP contribution in [-0.2, 0) is 4.79 Å². The van der Waals surface area contributed by atoms with Crippen molar-refractivity contribution in [2.24, 2.45) is 5.92 Å². The van der Waals surface area contributed by atoms with E-state index in [0.717, 1.165) is 30.2 Å². The Hall–Kier alpha value is -0.940. The molecule has 0 aliphatic heterocycles. The van der Waals surface area contributed by atoms with Gasteiger partial charge in [-0.15, -0.1) is 11.3 Å². The number of aromatic nitrogens is 1. The minimum atomic E-state index is 0.122. The van der Waals surface area contributed by atoms with E-state index in [4.69, 9.17) is 0 Å². The van der Waals surface area contributed by atoms with Gasteiger partial charge >= 0.3 is 0 Å². The summed E-state index contributed by atoms with van der Waals surface area (Å²) in [5.41, 5.74) is 0.998. The van der Waals surface area contributed by atoms with Crippen LogP contribution in [-0.4, -0.2) is 17.4 Å². The van der Waals surface area contributed by atoms with E-state index in [1.165, 1.54) is 11.3 Å². The van der Waals surface area contributed by atoms with Gasteiger partial charge in [-0.05, 0) is 26.3 Å². The zero-order valence-corrected chi connectivity index (χ0v) is 10.4. The molecule has 1 atom stereocenters. The molecule has 2 rings (SSSR count). The number of rotatable bonds is 5. The molecule has 1 aliphatic rings. The van der Waals surface area contributed by atoms with Crippen molar-refractivity contribution in [1.82, 2.24) is 10.3 Å². The van der Waals surface area contributed by atoms with E-state index < -0.39 is 0 Å². The molecular weight excluding hydrogens is 222 g/mol. The monoisotopic (exact) mass is 239 g/mol. The molecule has 1 amide bonds. The number of nitrogens with one attached hydrogen (secondary N) is 2. The number of hydrogen-bond donors (Lipinski definition) is 2. The number of nitrogens with zero attached hydrogens (tertiary/aromatic N) is 1. The number of thiazole rings is 1. The molecule has 1 unspecified atom stereocenters. The summed E-state index contributed by atoms with van der Waals surface area (Å²) in [6, 6.07) is 0.243. The van der Waals surface area contributed by atoms with Gasteiger partial charge in [0.2, 0.25) is 5.91 Å². The summed E-state index contributed by atoms with van der Waals surface area (Å²) in [7, 11) is 0. The van der Waals surface area contributed by atoms with Crippen LogP contribution in [0.4, 0.5) is 5.13 Å². The van der Waals surface area contributed by atoms with Gasteiger partial charge in [-0.3, -0.25) is 4.79 Å². The summed E-state index contributed by atoms with van der Waals surface area (Å²) in [4.78, 5) is 15.9. The van der Waals surface area contributed by atoms with Crippen molar-refractivity contribution < 1.29 is 4.79 Å². The molecule has 0 bridgehead atoms. The summed E-state index contributed by atoms with van der Waals surface area (Å²) < 4.78 is 0. The Labute approximate surface area is 99.5 Å². The van der Waals surface area contributed by atoms with E-state index in [0.29, 0.717) is 0 Å². The molecule has 1 aliphatic carbocycles. The van der Waals surface area contributed by atoms with Crippen LogP contribution in [0.1, 0.15) is 38.4 Å². The van der Waals surface area contributed by atoms with Crippen LogP contribution in [0.5, 0.6) is 0 Å². The van der Waals surface area contributed by atoms with Crippen molar-refractivity contribution in [3.63, 3.8) is 0 Å². The lowest BCUT2D eigenvalue weighted by Crippen LogP contribution is -2.18. The van der Waals surface area contributed by atoms with Crippen molar-refractivity contribution >= 4 is 22.4 Å². The third-order valence-corrected chi connectivity index (χ3v) is 3.43. The molecule has 1 aromatic heterocycles. The zero-order valence-electron chi connectivity index (χ0n) is 9.62. The second-order valence-electron chi connectivity index (χ2n) is 4.12. The van der Waals surface area contributed by atoms with Crippen molar-refractivity contribution in [2.75, 3.05) is 11.9 Å². The Morgan fingerprint density at radius 1 is 1.69 bits per heavy atom. The van der Waals surface area contributed by atoms with Crippen LogP contribution in [0.25, 0.3) is 0 Å². The molecule has 4 nitrogen and oxygen atoms in total. The van der Waals surface area contributed by atoms with Crippen LogP contribution in [0.3, 0.4) is 0 Å². The van der Waals surface area contributed by atoms with E-state index in [9.17, 15) is 4.79 Å². The minimum Gasteiger partial charge on any atom is -0.309 e. The van der Waals surface area contributed by atoms with Gasteiger partial charge in [0.15, 0.2) is 5.13 Å². The SMILES string of the molecule is CCNC(C)c1csc(NC(=O)C2CC2)n1. The minimum absolute atomic E-state index is 0.122. The van der Waals surface area contributed by atoms with Gasteiger partial charge < -0.3 is 10.6 Å². The highest BCUT2D eigenvalue weighted by atomic mass is 32.1. The average Bonchev–Trinajstić information content (AvgIpc) is 3.00. The van der Waals surface area contributed by atoms with Crippen LogP contribution in [0.15, 0.2) is 5.38 Å². The van der Waals surface area contributed by atoms with Crippen LogP contribution in [0, 0.1) is 5.92 Å². The number of carbonyl (C=O) groups is 1. The lowest BCUT2D eigenvalue weighted by Gasteiger charge is -2.08. The summed E-state index contributed by atoms with van der Waals surface area (Å²) in [5.74, 6) is 0.357. The lowest BCUT2D eigenvalue weighted by atomic mass is 10.3. The molecule has 2 N–H and O–H groups in total. The van der Waals surface area contributed by atoms with E-state index in [1.54, 1.807) is 0 Å². The van der Waals surface area contributed by atoms with Gasteiger partial charge in [0.25, 0.3) is 0 Å². The van der Waals surface area contributed by atoms with E-state index in [2.05, 4.69) is 29.5 Å². The van der Waals surface area contributed by atoms with Crippen molar-refractivity contribution in [2.45, 2.75) is 32.7 Å². The average molecular weight is 239 g/mol. The van der Waals surface area contributed by atoms with Crippen LogP contribution in [0.2, 0.25) is 0 Å². The zero-order chi connectivity index (χ0) is 11.5. The fraction of sp³-hybridized carbons (Fsp3) is 0.636. The van der Waals surface area contributed by atoms with Crippen LogP contribution >= 0.6 is 11.3 Å². The standard InChI is InChI=1S/C11H17N3OS/c1-3-12-7(2)9-6-16-11(13-9)14-10(15)8-4-5-8/h6-8,12H,3-5H2,1-2H3,(H,13,14,15). The Morgan fingerprint density at radius 3 is 3.06 bits per heavy atom. The highest BCUT2D eigenvalue weighted by Crippen LogP contribution is 2.31. The first-order valence-electron chi connectivity index (χ1n) is 5.70. The fourth-order valence-electron chi connectivity index (χ4n) is 1.51. The van der Waals surface area contributed by atoms with Crippen molar-refractivity contribution in [3.8, 4) is 0 Å². The van der Waals surface area contributed by atoms with Gasteiger partial charge in [-0.2, -0.15) is 0 Å². The van der Waals surface area contributed by atoms with Gasteiger partial charge in [0.1, 0.15) is 0 Å². The summed E-state index contributed by atoms with van der Waals surface area (Å²) >= 11 is 1.49. The number of carbonyl (C=O) groups excluding carboxylic acids is 1. The summed E-state index contributed by atoms with van der Waals surface area (Å²) in [6.45, 7) is 5.06. The molecule has 5 heteroatoms. The van der Waals surface area contributed by atoms with Gasteiger partial charge in [0, 0.05) is 17.3 Å². The summed E-state index contributed by atoms with van der Waals surface area (Å²) in [6.07, 6.45) is 2.05. The Bertz CT molecular complexity index is 373. The molecule has 0 aromatic carbocycles. The first-order chi connectivity index (χ1) is 7.70. The van der Waals surface area contributed by atoms with E-state index in [-0.39, 0.29) is 17.9 Å². The van der Waals surface area contributed by atoms with Crippen LogP contribution < -0.4 is 10.6 Å². The number of amides is 1. The first kappa shape index (κ1) is 11.5. The maximum Gasteiger partial charge on any atom is 0.229 e. The van der Waals surface area contributed by atoms with E-state index in [1.807, 2.05) is 5.38 Å². The number of hydrogen-bond acceptors (Lipinski definition) is 4. The second kappa shape index (κ2) is 4.93. The molecule has 1 fully saturated rings. The predicted octanol–water partition coefficient (Wildman–Crippen LogP) is 2.16. The lowest BCUT2D eigenvalue weighted by molar-refractivity contribution is -0.117. The third kappa shape index (κ3) is 2.80. The smallest absolute Gasteiger partial charge is 0.229 e. The normalized spacial score (nSPS) is 17.1. The van der Waals surface area contributed by atoms with E-state index >= 15 is 0 Å². The maximum atomic E-state index is 11.5. The van der Waals surface area contributed by atoms with Gasteiger partial charge in [-0.1, -0.05) is 6.92 Å². The Morgan fingerprint density at radius 2 is 2.44 bits per heavy atom. The Kier molecular flexibility index (Phi) is 3.56. The maximum absolute atomic E-state index is 11.5. The summed E-state index contributed by atoms with van der Waals surface area (Å²) in [5, 5.41) is 8.87. The van der Waals surface area contributed by atoms with Crippen molar-refractivity contribution in [3.05, 3.63) is 11.1 Å². The Balaban J connectivity index is 1.93. The highest BCUT2D eigenvalue weighted by molar-refractivity contribution is 7.13.